The summed E-state index contributed by atoms with van der Waals surface area (Å²) >= 11 is 1.73. The Morgan fingerprint density at radius 2 is 2.21 bits per heavy atom. The monoisotopic (exact) mass is 337 g/mol. The number of hydrogen-bond acceptors (Lipinski definition) is 5. The molecule has 4 rings (SSSR count). The van der Waals surface area contributed by atoms with Gasteiger partial charge in [-0.2, -0.15) is 0 Å². The summed E-state index contributed by atoms with van der Waals surface area (Å²) in [7, 11) is 1.77. The van der Waals surface area contributed by atoms with Gasteiger partial charge >= 0.3 is 0 Å². The summed E-state index contributed by atoms with van der Waals surface area (Å²) in [5.41, 5.74) is 3.04. The van der Waals surface area contributed by atoms with E-state index in [1.165, 1.54) is 15.6 Å². The first-order valence-corrected chi connectivity index (χ1v) is 8.49. The molecule has 0 aliphatic rings. The van der Waals surface area contributed by atoms with E-state index >= 15 is 0 Å². The average Bonchev–Trinajstić information content (AvgIpc) is 3.19. The minimum Gasteiger partial charge on any atom is -0.352 e. The molecule has 1 aromatic carbocycles. The molecule has 3 heterocycles. The van der Waals surface area contributed by atoms with Crippen molar-refractivity contribution >= 4 is 38.5 Å². The maximum Gasteiger partial charge on any atom is 0.252 e. The van der Waals surface area contributed by atoms with Crippen LogP contribution in [-0.2, 0) is 13.5 Å². The molecular formula is C17H15N5OS. The zero-order valence-corrected chi connectivity index (χ0v) is 13.9. The first-order valence-electron chi connectivity index (χ1n) is 7.61. The van der Waals surface area contributed by atoms with E-state index in [0.29, 0.717) is 23.3 Å². The van der Waals surface area contributed by atoms with Crippen molar-refractivity contribution in [2.45, 2.75) is 6.42 Å². The molecule has 1 N–H and O–H groups in total. The van der Waals surface area contributed by atoms with Crippen molar-refractivity contribution in [2.75, 3.05) is 6.54 Å². The van der Waals surface area contributed by atoms with Gasteiger partial charge in [-0.25, -0.2) is 9.67 Å². The number of nitrogens with one attached hydrogen (secondary N) is 1. The van der Waals surface area contributed by atoms with Crippen molar-refractivity contribution < 1.29 is 4.79 Å². The van der Waals surface area contributed by atoms with Gasteiger partial charge in [0, 0.05) is 24.5 Å². The lowest BCUT2D eigenvalue weighted by molar-refractivity contribution is 0.0954. The van der Waals surface area contributed by atoms with Gasteiger partial charge in [0.05, 0.1) is 5.56 Å². The SMILES string of the molecule is Cn1nnc2cc(C(=O)NCCc3csc4ccccc34)cnc21. The largest absolute Gasteiger partial charge is 0.352 e. The van der Waals surface area contributed by atoms with Gasteiger partial charge < -0.3 is 5.32 Å². The van der Waals surface area contributed by atoms with Crippen LogP contribution < -0.4 is 5.32 Å². The van der Waals surface area contributed by atoms with Crippen molar-refractivity contribution in [1.82, 2.24) is 25.3 Å². The highest BCUT2D eigenvalue weighted by Crippen LogP contribution is 2.25. The predicted octanol–water partition coefficient (Wildman–Crippen LogP) is 2.55. The number of carbonyl (C=O) groups is 1. The molecule has 0 atom stereocenters. The van der Waals surface area contributed by atoms with Crippen LogP contribution in [0.2, 0.25) is 0 Å². The Morgan fingerprint density at radius 3 is 3.12 bits per heavy atom. The third kappa shape index (κ3) is 2.63. The van der Waals surface area contributed by atoms with Gasteiger partial charge in [-0.3, -0.25) is 4.79 Å². The van der Waals surface area contributed by atoms with Crippen LogP contribution in [0.15, 0.2) is 41.9 Å². The number of thiophene rings is 1. The van der Waals surface area contributed by atoms with E-state index in [1.54, 1.807) is 35.3 Å². The first-order chi connectivity index (χ1) is 11.7. The molecule has 0 radical (unpaired) electrons. The molecule has 7 heteroatoms. The van der Waals surface area contributed by atoms with Crippen LogP contribution >= 0.6 is 11.3 Å². The predicted molar refractivity (Wildman–Crippen MR) is 94.2 cm³/mol. The Hall–Kier alpha value is -2.80. The van der Waals surface area contributed by atoms with Crippen LogP contribution in [0.1, 0.15) is 15.9 Å². The molecule has 6 nitrogen and oxygen atoms in total. The summed E-state index contributed by atoms with van der Waals surface area (Å²) in [5, 5.41) is 14.2. The van der Waals surface area contributed by atoms with Crippen LogP contribution in [0.5, 0.6) is 0 Å². The standard InChI is InChI=1S/C17H15N5OS/c1-22-16-14(20-21-22)8-12(9-19-16)17(23)18-7-6-11-10-24-15-5-3-2-4-13(11)15/h2-5,8-10H,6-7H2,1H3,(H,18,23). The second-order valence-corrected chi connectivity index (χ2v) is 6.45. The number of aromatic nitrogens is 4. The Morgan fingerprint density at radius 1 is 1.33 bits per heavy atom. The van der Waals surface area contributed by atoms with E-state index < -0.39 is 0 Å². The molecular weight excluding hydrogens is 322 g/mol. The highest BCUT2D eigenvalue weighted by molar-refractivity contribution is 7.17. The molecule has 1 amide bonds. The number of aryl methyl sites for hydroxylation is 1. The number of fused-ring (bicyclic) bond motifs is 2. The summed E-state index contributed by atoms with van der Waals surface area (Å²) in [6.45, 7) is 0.581. The number of pyridine rings is 1. The lowest BCUT2D eigenvalue weighted by atomic mass is 10.1. The molecule has 4 aromatic rings. The lowest BCUT2D eigenvalue weighted by Crippen LogP contribution is -2.25. The second-order valence-electron chi connectivity index (χ2n) is 5.54. The van der Waals surface area contributed by atoms with E-state index in [9.17, 15) is 4.79 Å². The fraction of sp³-hybridized carbons (Fsp3) is 0.176. The third-order valence-corrected chi connectivity index (χ3v) is 4.96. The van der Waals surface area contributed by atoms with Gasteiger partial charge in [-0.15, -0.1) is 16.4 Å². The number of carbonyl (C=O) groups excluding carboxylic acids is 1. The molecule has 120 valence electrons. The third-order valence-electron chi connectivity index (χ3n) is 3.94. The minimum absolute atomic E-state index is 0.144. The van der Waals surface area contributed by atoms with Gasteiger partial charge in [0.1, 0.15) is 5.52 Å². The number of rotatable bonds is 4. The number of amides is 1. The minimum atomic E-state index is -0.144. The van der Waals surface area contributed by atoms with E-state index in [1.807, 2.05) is 12.1 Å². The van der Waals surface area contributed by atoms with Gasteiger partial charge in [0.25, 0.3) is 5.91 Å². The highest BCUT2D eigenvalue weighted by atomic mass is 32.1. The Labute approximate surface area is 142 Å². The van der Waals surface area contributed by atoms with Gasteiger partial charge in [0.2, 0.25) is 0 Å². The molecule has 0 fully saturated rings. The van der Waals surface area contributed by atoms with Crippen LogP contribution in [0.25, 0.3) is 21.3 Å². The molecule has 0 saturated carbocycles. The normalized spacial score (nSPS) is 11.2. The molecule has 0 aliphatic carbocycles. The zero-order valence-electron chi connectivity index (χ0n) is 13.1. The van der Waals surface area contributed by atoms with Crippen LogP contribution in [0.3, 0.4) is 0 Å². The van der Waals surface area contributed by atoms with E-state index in [0.717, 1.165) is 6.42 Å². The molecule has 0 aliphatic heterocycles. The fourth-order valence-electron chi connectivity index (χ4n) is 2.69. The topological polar surface area (TPSA) is 72.7 Å². The molecule has 0 unspecified atom stereocenters. The summed E-state index contributed by atoms with van der Waals surface area (Å²) < 4.78 is 2.86. The van der Waals surface area contributed by atoms with Crippen molar-refractivity contribution in [1.29, 1.82) is 0 Å². The quantitative estimate of drug-likeness (QED) is 0.621. The Balaban J connectivity index is 1.44. The molecule has 3 aromatic heterocycles. The van der Waals surface area contributed by atoms with Crippen LogP contribution in [0, 0.1) is 0 Å². The smallest absolute Gasteiger partial charge is 0.252 e. The average molecular weight is 337 g/mol. The summed E-state index contributed by atoms with van der Waals surface area (Å²) in [4.78, 5) is 16.5. The molecule has 0 spiro atoms. The van der Waals surface area contributed by atoms with Crippen molar-refractivity contribution in [3.8, 4) is 0 Å². The fourth-order valence-corrected chi connectivity index (χ4v) is 3.69. The summed E-state index contributed by atoms with van der Waals surface area (Å²) in [5.74, 6) is -0.144. The summed E-state index contributed by atoms with van der Waals surface area (Å²) in [6, 6.07) is 10.0. The van der Waals surface area contributed by atoms with Crippen molar-refractivity contribution in [3.63, 3.8) is 0 Å². The Bertz CT molecular complexity index is 1040. The maximum atomic E-state index is 12.3. The number of hydrogen-bond donors (Lipinski definition) is 1. The van der Waals surface area contributed by atoms with Gasteiger partial charge in [0.15, 0.2) is 5.65 Å². The van der Waals surface area contributed by atoms with E-state index in [-0.39, 0.29) is 5.91 Å². The van der Waals surface area contributed by atoms with E-state index in [4.69, 9.17) is 0 Å². The molecule has 0 saturated heterocycles. The second kappa shape index (κ2) is 6.01. The molecule has 0 bridgehead atoms. The number of benzene rings is 1. The van der Waals surface area contributed by atoms with Gasteiger partial charge in [-0.1, -0.05) is 23.4 Å². The van der Waals surface area contributed by atoms with Gasteiger partial charge in [-0.05, 0) is 34.9 Å². The van der Waals surface area contributed by atoms with Crippen LogP contribution in [0.4, 0.5) is 0 Å². The molecule has 24 heavy (non-hydrogen) atoms. The summed E-state index contributed by atoms with van der Waals surface area (Å²) in [6.07, 6.45) is 2.36. The highest BCUT2D eigenvalue weighted by Gasteiger charge is 2.10. The van der Waals surface area contributed by atoms with E-state index in [2.05, 4.69) is 38.1 Å². The lowest BCUT2D eigenvalue weighted by Gasteiger charge is -2.05. The zero-order chi connectivity index (χ0) is 16.5. The number of nitrogens with zero attached hydrogens (tertiary/aromatic N) is 4. The maximum absolute atomic E-state index is 12.3. The first kappa shape index (κ1) is 14.8. The van der Waals surface area contributed by atoms with Crippen molar-refractivity contribution in [2.24, 2.45) is 7.05 Å². The Kier molecular flexibility index (Phi) is 3.70. The van der Waals surface area contributed by atoms with Crippen LogP contribution in [-0.4, -0.2) is 32.4 Å². The van der Waals surface area contributed by atoms with Crippen molar-refractivity contribution in [3.05, 3.63) is 53.0 Å².